The quantitative estimate of drug-likeness (QED) is 0.644. The fourth-order valence-electron chi connectivity index (χ4n) is 1.02. The summed E-state index contributed by atoms with van der Waals surface area (Å²) in [7, 11) is 0. The first-order chi connectivity index (χ1) is 6.43. The Hall–Kier alpha value is -1.33. The van der Waals surface area contributed by atoms with E-state index in [0.717, 1.165) is 6.42 Å². The number of nitrogens with zero attached hydrogens (tertiary/aromatic N) is 1. The van der Waals surface area contributed by atoms with Crippen molar-refractivity contribution in [2.75, 3.05) is 6.61 Å². The summed E-state index contributed by atoms with van der Waals surface area (Å²) in [4.78, 5) is 0. The molecule has 1 aromatic carbocycles. The second kappa shape index (κ2) is 6.22. The molecule has 2 heteroatoms. The third-order valence-electron chi connectivity index (χ3n) is 1.69. The lowest BCUT2D eigenvalue weighted by molar-refractivity contribution is 0.119. The predicted molar refractivity (Wildman–Crippen MR) is 50.9 cm³/mol. The van der Waals surface area contributed by atoms with Gasteiger partial charge in [-0.15, -0.1) is 0 Å². The molecule has 0 unspecified atom stereocenters. The minimum Gasteiger partial charge on any atom is -0.377 e. The number of ether oxygens (including phenoxy) is 1. The van der Waals surface area contributed by atoms with Gasteiger partial charge in [0.25, 0.3) is 0 Å². The van der Waals surface area contributed by atoms with Crippen LogP contribution < -0.4 is 0 Å². The normalized spacial score (nSPS) is 9.46. The largest absolute Gasteiger partial charge is 0.377 e. The Morgan fingerprint density at radius 2 is 2.00 bits per heavy atom. The van der Waals surface area contributed by atoms with Crippen LogP contribution in [-0.4, -0.2) is 6.61 Å². The summed E-state index contributed by atoms with van der Waals surface area (Å²) in [6.07, 6.45) is 1.40. The van der Waals surface area contributed by atoms with Crippen molar-refractivity contribution in [1.29, 1.82) is 5.26 Å². The summed E-state index contributed by atoms with van der Waals surface area (Å²) in [6.45, 7) is 1.31. The smallest absolute Gasteiger partial charge is 0.0716 e. The van der Waals surface area contributed by atoms with E-state index >= 15 is 0 Å². The van der Waals surface area contributed by atoms with Gasteiger partial charge in [0.2, 0.25) is 0 Å². The molecular weight excluding hydrogens is 162 g/mol. The molecule has 0 bridgehead atoms. The van der Waals surface area contributed by atoms with E-state index in [2.05, 4.69) is 6.07 Å². The van der Waals surface area contributed by atoms with Crippen LogP contribution in [0, 0.1) is 11.3 Å². The molecule has 13 heavy (non-hydrogen) atoms. The molecule has 0 aromatic heterocycles. The summed E-state index contributed by atoms with van der Waals surface area (Å²) >= 11 is 0. The Labute approximate surface area is 78.8 Å². The molecule has 0 saturated heterocycles. The molecular formula is C11H13NO. The zero-order valence-corrected chi connectivity index (χ0v) is 7.57. The Kier molecular flexibility index (Phi) is 4.66. The SMILES string of the molecule is N#CCCCOCc1ccccc1. The van der Waals surface area contributed by atoms with Crippen molar-refractivity contribution in [2.45, 2.75) is 19.4 Å². The Bertz CT molecular complexity index is 263. The van der Waals surface area contributed by atoms with Gasteiger partial charge in [-0.25, -0.2) is 0 Å². The minimum atomic E-state index is 0.578. The highest BCUT2D eigenvalue weighted by molar-refractivity contribution is 5.13. The van der Waals surface area contributed by atoms with E-state index in [-0.39, 0.29) is 0 Å². The minimum absolute atomic E-state index is 0.578. The number of benzene rings is 1. The third kappa shape index (κ3) is 4.29. The summed E-state index contributed by atoms with van der Waals surface area (Å²) in [5, 5.41) is 8.28. The van der Waals surface area contributed by atoms with E-state index in [0.29, 0.717) is 19.6 Å². The first kappa shape index (κ1) is 9.76. The zero-order chi connectivity index (χ0) is 9.36. The lowest BCUT2D eigenvalue weighted by Crippen LogP contribution is -1.94. The molecule has 0 radical (unpaired) electrons. The Morgan fingerprint density at radius 3 is 2.69 bits per heavy atom. The molecule has 0 saturated carbocycles. The first-order valence-corrected chi connectivity index (χ1v) is 4.42. The molecule has 68 valence electrons. The number of unbranched alkanes of at least 4 members (excludes halogenated alkanes) is 1. The molecule has 0 N–H and O–H groups in total. The van der Waals surface area contributed by atoms with E-state index in [1.54, 1.807) is 0 Å². The van der Waals surface area contributed by atoms with Crippen LogP contribution in [0.4, 0.5) is 0 Å². The van der Waals surface area contributed by atoms with Crippen molar-refractivity contribution in [3.05, 3.63) is 35.9 Å². The highest BCUT2D eigenvalue weighted by Gasteiger charge is 1.90. The van der Waals surface area contributed by atoms with Gasteiger partial charge in [0.05, 0.1) is 12.7 Å². The maximum atomic E-state index is 8.28. The van der Waals surface area contributed by atoms with Crippen molar-refractivity contribution >= 4 is 0 Å². The molecule has 0 aliphatic rings. The zero-order valence-electron chi connectivity index (χ0n) is 7.57. The maximum absolute atomic E-state index is 8.28. The van der Waals surface area contributed by atoms with Gasteiger partial charge in [-0.05, 0) is 12.0 Å². The van der Waals surface area contributed by atoms with Crippen LogP contribution in [0.3, 0.4) is 0 Å². The van der Waals surface area contributed by atoms with Crippen LogP contribution in [0.5, 0.6) is 0 Å². The molecule has 0 amide bonds. The van der Waals surface area contributed by atoms with Crippen molar-refractivity contribution in [3.8, 4) is 6.07 Å². The predicted octanol–water partition coefficient (Wildman–Crippen LogP) is 2.51. The maximum Gasteiger partial charge on any atom is 0.0716 e. The number of hydrogen-bond donors (Lipinski definition) is 0. The monoisotopic (exact) mass is 175 g/mol. The number of rotatable bonds is 5. The molecule has 0 fully saturated rings. The lowest BCUT2D eigenvalue weighted by atomic mass is 10.2. The molecule has 0 atom stereocenters. The second-order valence-corrected chi connectivity index (χ2v) is 2.80. The van der Waals surface area contributed by atoms with E-state index in [1.807, 2.05) is 30.3 Å². The average molecular weight is 175 g/mol. The van der Waals surface area contributed by atoms with E-state index in [1.165, 1.54) is 5.56 Å². The van der Waals surface area contributed by atoms with Gasteiger partial charge < -0.3 is 4.74 Å². The van der Waals surface area contributed by atoms with Crippen molar-refractivity contribution < 1.29 is 4.74 Å². The van der Waals surface area contributed by atoms with Crippen molar-refractivity contribution in [1.82, 2.24) is 0 Å². The summed E-state index contributed by atoms with van der Waals surface area (Å²) in [5.41, 5.74) is 1.18. The van der Waals surface area contributed by atoms with Crippen molar-refractivity contribution in [2.24, 2.45) is 0 Å². The van der Waals surface area contributed by atoms with Crippen molar-refractivity contribution in [3.63, 3.8) is 0 Å². The van der Waals surface area contributed by atoms with E-state index in [9.17, 15) is 0 Å². The third-order valence-corrected chi connectivity index (χ3v) is 1.69. The van der Waals surface area contributed by atoms with Crippen LogP contribution in [0.2, 0.25) is 0 Å². The van der Waals surface area contributed by atoms with Gasteiger partial charge in [0.15, 0.2) is 0 Å². The fraction of sp³-hybridized carbons (Fsp3) is 0.364. The number of hydrogen-bond acceptors (Lipinski definition) is 2. The lowest BCUT2D eigenvalue weighted by Gasteiger charge is -2.01. The Morgan fingerprint density at radius 1 is 1.23 bits per heavy atom. The van der Waals surface area contributed by atoms with Crippen LogP contribution >= 0.6 is 0 Å². The highest BCUT2D eigenvalue weighted by Crippen LogP contribution is 2.00. The van der Waals surface area contributed by atoms with Gasteiger partial charge in [-0.2, -0.15) is 5.26 Å². The van der Waals surface area contributed by atoms with Crippen LogP contribution in [0.15, 0.2) is 30.3 Å². The van der Waals surface area contributed by atoms with Gasteiger partial charge >= 0.3 is 0 Å². The molecule has 0 aliphatic carbocycles. The van der Waals surface area contributed by atoms with E-state index < -0.39 is 0 Å². The Balaban J connectivity index is 2.11. The topological polar surface area (TPSA) is 33.0 Å². The van der Waals surface area contributed by atoms with Gasteiger partial charge in [-0.1, -0.05) is 30.3 Å². The molecule has 0 spiro atoms. The van der Waals surface area contributed by atoms with E-state index in [4.69, 9.17) is 10.00 Å². The molecule has 0 aliphatic heterocycles. The van der Waals surface area contributed by atoms with Gasteiger partial charge in [-0.3, -0.25) is 0 Å². The highest BCUT2D eigenvalue weighted by atomic mass is 16.5. The molecule has 2 nitrogen and oxygen atoms in total. The summed E-state index contributed by atoms with van der Waals surface area (Å²) < 4.78 is 5.37. The summed E-state index contributed by atoms with van der Waals surface area (Å²) in [5.74, 6) is 0. The molecule has 1 rings (SSSR count). The van der Waals surface area contributed by atoms with Crippen LogP contribution in [-0.2, 0) is 11.3 Å². The van der Waals surface area contributed by atoms with Crippen LogP contribution in [0.25, 0.3) is 0 Å². The van der Waals surface area contributed by atoms with Gasteiger partial charge in [0, 0.05) is 13.0 Å². The average Bonchev–Trinajstić information content (AvgIpc) is 2.19. The summed E-state index contributed by atoms with van der Waals surface area (Å²) in [6, 6.07) is 12.1. The fourth-order valence-corrected chi connectivity index (χ4v) is 1.02. The first-order valence-electron chi connectivity index (χ1n) is 4.42. The second-order valence-electron chi connectivity index (χ2n) is 2.80. The van der Waals surface area contributed by atoms with Crippen LogP contribution in [0.1, 0.15) is 18.4 Å². The van der Waals surface area contributed by atoms with Gasteiger partial charge in [0.1, 0.15) is 0 Å². The number of nitriles is 1. The molecule has 1 aromatic rings. The standard InChI is InChI=1S/C11H13NO/c12-8-4-5-9-13-10-11-6-2-1-3-7-11/h1-3,6-7H,4-5,9-10H2. The molecule has 0 heterocycles.